The maximum atomic E-state index is 12.9. The van der Waals surface area contributed by atoms with Gasteiger partial charge in [0.25, 0.3) is 5.69 Å². The van der Waals surface area contributed by atoms with E-state index in [0.717, 1.165) is 31.4 Å². The monoisotopic (exact) mass is 485 g/mol. The van der Waals surface area contributed by atoms with Gasteiger partial charge in [-0.2, -0.15) is 9.10 Å². The molecule has 12 heteroatoms. The predicted octanol–water partition coefficient (Wildman–Crippen LogP) is 2.43. The zero-order valence-corrected chi connectivity index (χ0v) is 19.5. The van der Waals surface area contributed by atoms with Crippen LogP contribution in [-0.4, -0.2) is 75.5 Å². The number of hydrogen-bond acceptors (Lipinski definition) is 8. The van der Waals surface area contributed by atoms with Gasteiger partial charge in [0.15, 0.2) is 4.90 Å². The van der Waals surface area contributed by atoms with Gasteiger partial charge < -0.3 is 4.90 Å². The van der Waals surface area contributed by atoms with E-state index in [-0.39, 0.29) is 10.6 Å². The second-order valence-corrected chi connectivity index (χ2v) is 10.0. The molecule has 0 atom stereocenters. The van der Waals surface area contributed by atoms with Crippen molar-refractivity contribution in [1.29, 1.82) is 0 Å². The van der Waals surface area contributed by atoms with E-state index in [0.29, 0.717) is 38.5 Å². The number of sulfonamides is 1. The van der Waals surface area contributed by atoms with E-state index in [4.69, 9.17) is 0 Å². The fourth-order valence-electron chi connectivity index (χ4n) is 3.96. The highest BCUT2D eigenvalue weighted by Crippen LogP contribution is 2.27. The molecule has 0 aliphatic carbocycles. The third kappa shape index (κ3) is 5.64. The first-order valence-electron chi connectivity index (χ1n) is 11.2. The summed E-state index contributed by atoms with van der Waals surface area (Å²) in [5, 5.41) is 23.9. The van der Waals surface area contributed by atoms with E-state index in [9.17, 15) is 18.5 Å². The summed E-state index contributed by atoms with van der Waals surface area (Å²) in [7, 11) is -3.90. The van der Waals surface area contributed by atoms with Crippen LogP contribution in [0, 0.1) is 10.1 Å². The topological polar surface area (TPSA) is 127 Å². The first-order chi connectivity index (χ1) is 16.4. The predicted molar refractivity (Wildman–Crippen MR) is 125 cm³/mol. The highest BCUT2D eigenvalue weighted by molar-refractivity contribution is 7.89. The molecule has 0 radical (unpaired) electrons. The molecule has 1 aliphatic rings. The van der Waals surface area contributed by atoms with Crippen molar-refractivity contribution in [2.45, 2.75) is 30.7 Å². The molecular weight excluding hydrogens is 458 g/mol. The van der Waals surface area contributed by atoms with Crippen LogP contribution in [0.15, 0.2) is 59.5 Å². The zero-order chi connectivity index (χ0) is 24.0. The number of nitrogens with zero attached hydrogens (tertiary/aromatic N) is 7. The summed E-state index contributed by atoms with van der Waals surface area (Å²) >= 11 is 0. The molecule has 0 amide bonds. The van der Waals surface area contributed by atoms with Gasteiger partial charge in [0.05, 0.1) is 11.5 Å². The number of para-hydroxylation sites is 1. The smallest absolute Gasteiger partial charge is 0.289 e. The Morgan fingerprint density at radius 1 is 0.882 bits per heavy atom. The van der Waals surface area contributed by atoms with E-state index < -0.39 is 14.9 Å². The van der Waals surface area contributed by atoms with Crippen LogP contribution in [0.4, 0.5) is 5.69 Å². The quantitative estimate of drug-likeness (QED) is 0.243. The molecule has 0 unspecified atom stereocenters. The number of hydrogen-bond donors (Lipinski definition) is 0. The van der Waals surface area contributed by atoms with Gasteiger partial charge in [0.2, 0.25) is 15.8 Å². The average Bonchev–Trinajstić information content (AvgIpc) is 3.34. The number of nitro benzene ring substituents is 1. The van der Waals surface area contributed by atoms with Gasteiger partial charge in [-0.25, -0.2) is 8.42 Å². The lowest BCUT2D eigenvalue weighted by atomic mass is 10.2. The summed E-state index contributed by atoms with van der Waals surface area (Å²) in [5.74, 6) is 0.620. The minimum absolute atomic E-state index is 0.245. The van der Waals surface area contributed by atoms with Crippen molar-refractivity contribution in [2.24, 2.45) is 0 Å². The molecule has 2 aromatic carbocycles. The minimum Gasteiger partial charge on any atom is -0.301 e. The van der Waals surface area contributed by atoms with Crippen LogP contribution >= 0.6 is 0 Å². The molecule has 0 spiro atoms. The van der Waals surface area contributed by atoms with Crippen molar-refractivity contribution in [3.8, 4) is 11.4 Å². The summed E-state index contributed by atoms with van der Waals surface area (Å²) in [6.45, 7) is 3.41. The second-order valence-electron chi connectivity index (χ2n) is 8.11. The normalized spacial score (nSPS) is 15.4. The number of aryl methyl sites for hydroxylation is 1. The van der Waals surface area contributed by atoms with E-state index in [1.165, 1.54) is 28.6 Å². The Bertz CT molecular complexity index is 1210. The molecule has 0 N–H and O–H groups in total. The van der Waals surface area contributed by atoms with Gasteiger partial charge in [-0.3, -0.25) is 10.1 Å². The fourth-order valence-corrected chi connectivity index (χ4v) is 5.54. The average molecular weight is 486 g/mol. The van der Waals surface area contributed by atoms with Crippen molar-refractivity contribution in [2.75, 3.05) is 32.7 Å². The lowest BCUT2D eigenvalue weighted by molar-refractivity contribution is -0.387. The Morgan fingerprint density at radius 3 is 2.29 bits per heavy atom. The molecule has 1 aliphatic heterocycles. The van der Waals surface area contributed by atoms with Gasteiger partial charge >= 0.3 is 0 Å². The van der Waals surface area contributed by atoms with Crippen LogP contribution in [-0.2, 0) is 16.6 Å². The summed E-state index contributed by atoms with van der Waals surface area (Å²) in [6, 6.07) is 15.2. The molecule has 180 valence electrons. The van der Waals surface area contributed by atoms with Crippen LogP contribution in [0.5, 0.6) is 0 Å². The lowest BCUT2D eigenvalue weighted by Crippen LogP contribution is -2.48. The molecular formula is C22H27N7O4S. The molecule has 1 aromatic heterocycles. The van der Waals surface area contributed by atoms with Gasteiger partial charge in [-0.15, -0.1) is 10.2 Å². The number of benzene rings is 2. The highest BCUT2D eigenvalue weighted by Gasteiger charge is 2.33. The summed E-state index contributed by atoms with van der Waals surface area (Å²) in [6.07, 6.45) is 2.91. The van der Waals surface area contributed by atoms with Crippen LogP contribution < -0.4 is 0 Å². The second kappa shape index (κ2) is 10.8. The highest BCUT2D eigenvalue weighted by atomic mass is 32.2. The minimum atomic E-state index is -3.90. The fraction of sp³-hybridized carbons (Fsp3) is 0.409. The summed E-state index contributed by atoms with van der Waals surface area (Å²) in [5.41, 5.74) is 0.555. The SMILES string of the molecule is O=[N+]([O-])c1ccccc1S(=O)(=O)N1CCN(CCCCCn2nnc(-c3ccccc3)n2)CC1. The van der Waals surface area contributed by atoms with Crippen molar-refractivity contribution in [3.63, 3.8) is 0 Å². The summed E-state index contributed by atoms with van der Waals surface area (Å²) in [4.78, 5) is 14.2. The first-order valence-corrected chi connectivity index (χ1v) is 12.7. The van der Waals surface area contributed by atoms with Gasteiger partial charge in [-0.1, -0.05) is 48.9 Å². The van der Waals surface area contributed by atoms with Crippen LogP contribution in [0.25, 0.3) is 11.4 Å². The maximum Gasteiger partial charge on any atom is 0.289 e. The zero-order valence-electron chi connectivity index (χ0n) is 18.7. The first kappa shape index (κ1) is 23.9. The molecule has 1 fully saturated rings. The van der Waals surface area contributed by atoms with Crippen molar-refractivity contribution in [3.05, 3.63) is 64.7 Å². The number of aromatic nitrogens is 4. The molecule has 2 heterocycles. The molecule has 0 saturated carbocycles. The van der Waals surface area contributed by atoms with Crippen LogP contribution in [0.2, 0.25) is 0 Å². The number of rotatable bonds is 10. The lowest BCUT2D eigenvalue weighted by Gasteiger charge is -2.33. The Labute approximate surface area is 198 Å². The molecule has 3 aromatic rings. The van der Waals surface area contributed by atoms with Crippen molar-refractivity contribution >= 4 is 15.7 Å². The molecule has 4 rings (SSSR count). The van der Waals surface area contributed by atoms with Gasteiger partial charge in [-0.05, 0) is 30.7 Å². The third-order valence-corrected chi connectivity index (χ3v) is 7.77. The number of nitro groups is 1. The van der Waals surface area contributed by atoms with E-state index in [1.807, 2.05) is 30.3 Å². The van der Waals surface area contributed by atoms with E-state index >= 15 is 0 Å². The summed E-state index contributed by atoms with van der Waals surface area (Å²) < 4.78 is 27.2. The Hall–Kier alpha value is -3.22. The third-order valence-electron chi connectivity index (χ3n) is 5.83. The Morgan fingerprint density at radius 2 is 1.56 bits per heavy atom. The largest absolute Gasteiger partial charge is 0.301 e. The maximum absolute atomic E-state index is 12.9. The number of piperazine rings is 1. The van der Waals surface area contributed by atoms with E-state index in [1.54, 1.807) is 4.80 Å². The Kier molecular flexibility index (Phi) is 7.60. The van der Waals surface area contributed by atoms with Crippen molar-refractivity contribution < 1.29 is 13.3 Å². The number of tetrazole rings is 1. The van der Waals surface area contributed by atoms with Gasteiger partial charge in [0, 0.05) is 37.8 Å². The molecule has 11 nitrogen and oxygen atoms in total. The molecule has 34 heavy (non-hydrogen) atoms. The molecule has 1 saturated heterocycles. The van der Waals surface area contributed by atoms with Crippen molar-refractivity contribution in [1.82, 2.24) is 29.4 Å². The van der Waals surface area contributed by atoms with Crippen LogP contribution in [0.3, 0.4) is 0 Å². The van der Waals surface area contributed by atoms with E-state index in [2.05, 4.69) is 20.3 Å². The Balaban J connectivity index is 1.19. The van der Waals surface area contributed by atoms with Gasteiger partial charge in [0.1, 0.15) is 0 Å². The molecule has 0 bridgehead atoms. The standard InChI is InChI=1S/C22H27N7O4S/c30-29(31)20-11-5-6-12-21(20)34(32,33)27-17-15-26(16-18-27)13-7-2-8-14-28-24-22(23-25-28)19-9-3-1-4-10-19/h1,3-6,9-12H,2,7-8,13-18H2. The van der Waals surface area contributed by atoms with Crippen LogP contribution in [0.1, 0.15) is 19.3 Å². The number of unbranched alkanes of at least 4 members (excludes halogenated alkanes) is 2.